The van der Waals surface area contributed by atoms with E-state index < -0.39 is 12.0 Å². The van der Waals surface area contributed by atoms with E-state index in [2.05, 4.69) is 22.6 Å². The van der Waals surface area contributed by atoms with Crippen LogP contribution in [-0.2, 0) is 4.79 Å². The summed E-state index contributed by atoms with van der Waals surface area (Å²) in [5.74, 6) is -0.895. The third-order valence-electron chi connectivity index (χ3n) is 1.22. The molecule has 3 nitrogen and oxygen atoms in total. The minimum absolute atomic E-state index is 0.596. The molecule has 1 atom stereocenters. The predicted octanol–water partition coefficient (Wildman–Crippen LogP) is 1.00. The first kappa shape index (κ1) is 10.2. The van der Waals surface area contributed by atoms with Gasteiger partial charge in [-0.15, -0.1) is 0 Å². The highest BCUT2D eigenvalue weighted by Gasteiger charge is 2.09. The summed E-state index contributed by atoms with van der Waals surface area (Å²) in [4.78, 5) is 10.2. The zero-order valence-corrected chi connectivity index (χ0v) is 7.87. The van der Waals surface area contributed by atoms with Gasteiger partial charge in [0.05, 0.1) is 0 Å². The molecule has 1 unspecified atom stereocenters. The van der Waals surface area contributed by atoms with Crippen LogP contribution in [0.5, 0.6) is 0 Å². The zero-order valence-electron chi connectivity index (χ0n) is 5.72. The van der Waals surface area contributed by atoms with E-state index in [4.69, 9.17) is 10.8 Å². The van der Waals surface area contributed by atoms with Crippen LogP contribution in [0.3, 0.4) is 0 Å². The van der Waals surface area contributed by atoms with Gasteiger partial charge >= 0.3 is 5.97 Å². The topological polar surface area (TPSA) is 63.3 Å². The number of hydrogen-bond donors (Lipinski definition) is 2. The molecule has 0 aromatic heterocycles. The molecule has 60 valence electrons. The molecule has 0 aliphatic rings. The lowest BCUT2D eigenvalue weighted by molar-refractivity contribution is -0.138. The molecule has 0 bridgehead atoms. The molecule has 3 N–H and O–H groups in total. The van der Waals surface area contributed by atoms with Crippen molar-refractivity contribution in [3.05, 3.63) is 0 Å². The molecule has 0 aromatic carbocycles. The van der Waals surface area contributed by atoms with Crippen LogP contribution in [-0.4, -0.2) is 21.5 Å². The van der Waals surface area contributed by atoms with Crippen LogP contribution < -0.4 is 5.73 Å². The van der Waals surface area contributed by atoms with Crippen molar-refractivity contribution in [3.63, 3.8) is 0 Å². The third-order valence-corrected chi connectivity index (χ3v) is 1.98. The molecule has 0 spiro atoms. The van der Waals surface area contributed by atoms with Gasteiger partial charge < -0.3 is 10.8 Å². The fraction of sp³-hybridized carbons (Fsp3) is 0.833. The van der Waals surface area contributed by atoms with Gasteiger partial charge in [-0.3, -0.25) is 4.79 Å². The number of halogens is 1. The molecule has 0 heterocycles. The van der Waals surface area contributed by atoms with Crippen molar-refractivity contribution >= 4 is 28.6 Å². The Morgan fingerprint density at radius 3 is 2.60 bits per heavy atom. The summed E-state index contributed by atoms with van der Waals surface area (Å²) in [6, 6.07) is -0.664. The Labute approximate surface area is 74.1 Å². The number of carboxylic acid groups (broad SMARTS) is 1. The van der Waals surface area contributed by atoms with E-state index in [1.807, 2.05) is 0 Å². The monoisotopic (exact) mass is 257 g/mol. The van der Waals surface area contributed by atoms with Gasteiger partial charge in [0, 0.05) is 0 Å². The van der Waals surface area contributed by atoms with E-state index in [-0.39, 0.29) is 0 Å². The number of unbranched alkanes of at least 4 members (excludes halogenated alkanes) is 1. The molecule has 0 aliphatic carbocycles. The van der Waals surface area contributed by atoms with Gasteiger partial charge in [-0.25, -0.2) is 0 Å². The first-order valence-electron chi connectivity index (χ1n) is 3.23. The van der Waals surface area contributed by atoms with Crippen LogP contribution in [0.2, 0.25) is 0 Å². The Morgan fingerprint density at radius 2 is 2.20 bits per heavy atom. The van der Waals surface area contributed by atoms with Gasteiger partial charge in [0.15, 0.2) is 0 Å². The second-order valence-corrected chi connectivity index (χ2v) is 3.21. The molecule has 0 rings (SSSR count). The molecule has 4 heteroatoms. The predicted molar refractivity (Wildman–Crippen MR) is 48.3 cm³/mol. The lowest BCUT2D eigenvalue weighted by Crippen LogP contribution is -2.29. The van der Waals surface area contributed by atoms with Gasteiger partial charge in [-0.1, -0.05) is 29.0 Å². The van der Waals surface area contributed by atoms with Crippen molar-refractivity contribution in [1.82, 2.24) is 0 Å². The maximum atomic E-state index is 10.2. The number of alkyl halides is 1. The largest absolute Gasteiger partial charge is 0.480 e. The molecule has 0 aliphatic heterocycles. The van der Waals surface area contributed by atoms with Crippen LogP contribution in [0.1, 0.15) is 19.3 Å². The normalized spacial score (nSPS) is 13.0. The first-order valence-corrected chi connectivity index (χ1v) is 4.75. The zero-order chi connectivity index (χ0) is 7.98. The minimum atomic E-state index is -0.895. The third kappa shape index (κ3) is 4.99. The summed E-state index contributed by atoms with van der Waals surface area (Å²) in [7, 11) is 0. The molecule has 0 amide bonds. The van der Waals surface area contributed by atoms with Gasteiger partial charge in [0.2, 0.25) is 0 Å². The summed E-state index contributed by atoms with van der Waals surface area (Å²) >= 11 is 2.26. The van der Waals surface area contributed by atoms with Crippen LogP contribution in [0, 0.1) is 0 Å². The van der Waals surface area contributed by atoms with Crippen molar-refractivity contribution in [2.45, 2.75) is 25.3 Å². The molecule has 0 saturated carbocycles. The van der Waals surface area contributed by atoms with Crippen LogP contribution >= 0.6 is 22.6 Å². The highest BCUT2D eigenvalue weighted by atomic mass is 127. The molecule has 0 saturated heterocycles. The fourth-order valence-corrected chi connectivity index (χ4v) is 1.12. The minimum Gasteiger partial charge on any atom is -0.480 e. The summed E-state index contributed by atoms with van der Waals surface area (Å²) in [6.07, 6.45) is 2.57. The number of rotatable bonds is 5. The number of carboxylic acids is 1. The van der Waals surface area contributed by atoms with Gasteiger partial charge in [-0.2, -0.15) is 0 Å². The second kappa shape index (κ2) is 5.91. The maximum Gasteiger partial charge on any atom is 0.320 e. The van der Waals surface area contributed by atoms with Crippen LogP contribution in [0.4, 0.5) is 0 Å². The van der Waals surface area contributed by atoms with Crippen molar-refractivity contribution in [3.8, 4) is 0 Å². The van der Waals surface area contributed by atoms with Crippen LogP contribution in [0.15, 0.2) is 0 Å². The number of aliphatic carboxylic acids is 1. The summed E-state index contributed by atoms with van der Waals surface area (Å²) in [6.45, 7) is 0. The lowest BCUT2D eigenvalue weighted by atomic mass is 10.1. The van der Waals surface area contributed by atoms with E-state index >= 15 is 0 Å². The maximum absolute atomic E-state index is 10.2. The number of carbonyl (C=O) groups is 1. The van der Waals surface area contributed by atoms with E-state index in [9.17, 15) is 4.79 Å². The highest BCUT2D eigenvalue weighted by molar-refractivity contribution is 14.1. The van der Waals surface area contributed by atoms with Gasteiger partial charge in [0.25, 0.3) is 0 Å². The molecular formula is C6H12INO2. The Hall–Kier alpha value is 0.160. The second-order valence-electron chi connectivity index (χ2n) is 2.13. The molecule has 0 aromatic rings. The van der Waals surface area contributed by atoms with E-state index in [1.54, 1.807) is 0 Å². The SMILES string of the molecule is NC(CCCCI)C(=O)O. The van der Waals surface area contributed by atoms with E-state index in [1.165, 1.54) is 0 Å². The number of nitrogens with two attached hydrogens (primary N) is 1. The molecule has 0 radical (unpaired) electrons. The average Bonchev–Trinajstić information content (AvgIpc) is 1.88. The Bertz CT molecular complexity index is 108. The number of hydrogen-bond acceptors (Lipinski definition) is 2. The smallest absolute Gasteiger partial charge is 0.320 e. The lowest BCUT2D eigenvalue weighted by Gasteiger charge is -2.03. The average molecular weight is 257 g/mol. The quantitative estimate of drug-likeness (QED) is 0.439. The van der Waals surface area contributed by atoms with Crippen molar-refractivity contribution in [1.29, 1.82) is 0 Å². The fourth-order valence-electron chi connectivity index (χ4n) is 0.582. The van der Waals surface area contributed by atoms with Crippen molar-refractivity contribution in [2.24, 2.45) is 5.73 Å². The van der Waals surface area contributed by atoms with Crippen molar-refractivity contribution < 1.29 is 9.90 Å². The molecular weight excluding hydrogens is 245 g/mol. The standard InChI is InChI=1S/C6H12INO2/c7-4-2-1-3-5(8)6(9)10/h5H,1-4,8H2,(H,9,10). The molecule has 0 fully saturated rings. The summed E-state index contributed by atoms with van der Waals surface area (Å²) < 4.78 is 1.07. The van der Waals surface area contributed by atoms with Gasteiger partial charge in [-0.05, 0) is 17.3 Å². The Balaban J connectivity index is 3.21. The summed E-state index contributed by atoms with van der Waals surface area (Å²) in [5.41, 5.74) is 5.26. The van der Waals surface area contributed by atoms with Gasteiger partial charge in [0.1, 0.15) is 6.04 Å². The van der Waals surface area contributed by atoms with E-state index in [0.717, 1.165) is 17.3 Å². The summed E-state index contributed by atoms with van der Waals surface area (Å²) in [5, 5.41) is 8.35. The Morgan fingerprint density at radius 1 is 1.60 bits per heavy atom. The Kier molecular flexibility index (Phi) is 6.00. The highest BCUT2D eigenvalue weighted by Crippen LogP contribution is 2.01. The van der Waals surface area contributed by atoms with Crippen LogP contribution in [0.25, 0.3) is 0 Å². The van der Waals surface area contributed by atoms with E-state index in [0.29, 0.717) is 6.42 Å². The van der Waals surface area contributed by atoms with Crippen molar-refractivity contribution in [2.75, 3.05) is 4.43 Å². The molecule has 10 heavy (non-hydrogen) atoms. The first-order chi connectivity index (χ1) is 4.68.